The molecule has 0 atom stereocenters. The minimum absolute atomic E-state index is 0.00407. The summed E-state index contributed by atoms with van der Waals surface area (Å²) in [6.45, 7) is 1.55. The molecular formula is C8H14N4O2S. The lowest BCUT2D eigenvalue weighted by molar-refractivity contribution is 0.597. The first-order valence-corrected chi connectivity index (χ1v) is 6.06. The van der Waals surface area contributed by atoms with E-state index in [1.54, 1.807) is 25.9 Å². The third-order valence-electron chi connectivity index (χ3n) is 1.89. The monoisotopic (exact) mass is 230 g/mol. The Bertz CT molecular complexity index is 456. The van der Waals surface area contributed by atoms with E-state index in [9.17, 15) is 8.42 Å². The van der Waals surface area contributed by atoms with Crippen molar-refractivity contribution in [1.29, 1.82) is 0 Å². The van der Waals surface area contributed by atoms with Crippen molar-refractivity contribution in [3.63, 3.8) is 0 Å². The van der Waals surface area contributed by atoms with Crippen molar-refractivity contribution in [2.24, 2.45) is 0 Å². The SMILES string of the molecule is CCS(=O)(=O)c1cnc(N(C)C)nc1N. The minimum atomic E-state index is -3.34. The van der Waals surface area contributed by atoms with Crippen LogP contribution in [0.4, 0.5) is 11.8 Å². The summed E-state index contributed by atoms with van der Waals surface area (Å²) in [5.41, 5.74) is 5.56. The standard InChI is InChI=1S/C8H14N4O2S/c1-4-15(13,14)6-5-10-8(12(2)3)11-7(6)9/h5H,4H2,1-3H3,(H2,9,10,11). The molecule has 1 rings (SSSR count). The first kappa shape index (κ1) is 11.7. The van der Waals surface area contributed by atoms with Gasteiger partial charge in [-0.15, -0.1) is 0 Å². The fourth-order valence-corrected chi connectivity index (χ4v) is 1.87. The normalized spacial score (nSPS) is 11.4. The van der Waals surface area contributed by atoms with Crippen LogP contribution < -0.4 is 10.6 Å². The smallest absolute Gasteiger partial charge is 0.226 e. The largest absolute Gasteiger partial charge is 0.382 e. The van der Waals surface area contributed by atoms with Crippen LogP contribution in [0.5, 0.6) is 0 Å². The molecule has 0 fully saturated rings. The highest BCUT2D eigenvalue weighted by atomic mass is 32.2. The lowest BCUT2D eigenvalue weighted by Gasteiger charge is -2.11. The Balaban J connectivity index is 3.26. The molecule has 0 saturated heterocycles. The van der Waals surface area contributed by atoms with Crippen LogP contribution in [0, 0.1) is 0 Å². The molecule has 1 aromatic rings. The lowest BCUT2D eigenvalue weighted by Crippen LogP contribution is -2.16. The van der Waals surface area contributed by atoms with Crippen molar-refractivity contribution in [3.05, 3.63) is 6.20 Å². The first-order valence-electron chi connectivity index (χ1n) is 4.41. The topological polar surface area (TPSA) is 89.2 Å². The van der Waals surface area contributed by atoms with Crippen molar-refractivity contribution >= 4 is 21.6 Å². The quantitative estimate of drug-likeness (QED) is 0.781. The van der Waals surface area contributed by atoms with Gasteiger partial charge in [0.2, 0.25) is 5.95 Å². The van der Waals surface area contributed by atoms with Crippen LogP contribution in [0.1, 0.15) is 6.92 Å². The summed E-state index contributed by atoms with van der Waals surface area (Å²) in [5, 5.41) is 0. The van der Waals surface area contributed by atoms with Gasteiger partial charge in [-0.05, 0) is 0 Å². The maximum atomic E-state index is 11.5. The first-order chi connectivity index (χ1) is 6.88. The average molecular weight is 230 g/mol. The number of rotatable bonds is 3. The maximum Gasteiger partial charge on any atom is 0.226 e. The third kappa shape index (κ3) is 2.35. The van der Waals surface area contributed by atoms with Crippen molar-refractivity contribution in [2.45, 2.75) is 11.8 Å². The number of nitrogens with two attached hydrogens (primary N) is 1. The zero-order chi connectivity index (χ0) is 11.6. The Labute approximate surface area is 89.1 Å². The summed E-state index contributed by atoms with van der Waals surface area (Å²) in [6, 6.07) is 0. The van der Waals surface area contributed by atoms with E-state index in [2.05, 4.69) is 9.97 Å². The highest BCUT2D eigenvalue weighted by Gasteiger charge is 2.17. The molecule has 6 nitrogen and oxygen atoms in total. The molecule has 0 aliphatic rings. The van der Waals surface area contributed by atoms with Gasteiger partial charge in [-0.25, -0.2) is 13.4 Å². The predicted octanol–water partition coefficient (Wildman–Crippen LogP) is -0.0816. The summed E-state index contributed by atoms with van der Waals surface area (Å²) in [7, 11) is 0.166. The Morgan fingerprint density at radius 2 is 2.07 bits per heavy atom. The summed E-state index contributed by atoms with van der Waals surface area (Å²) in [4.78, 5) is 9.46. The molecule has 7 heteroatoms. The van der Waals surface area contributed by atoms with Gasteiger partial charge in [0.25, 0.3) is 0 Å². The molecule has 2 N–H and O–H groups in total. The molecule has 0 saturated carbocycles. The zero-order valence-corrected chi connectivity index (χ0v) is 9.74. The van der Waals surface area contributed by atoms with Gasteiger partial charge in [0.1, 0.15) is 10.7 Å². The van der Waals surface area contributed by atoms with E-state index in [0.717, 1.165) is 0 Å². The molecule has 0 aromatic carbocycles. The number of hydrogen-bond acceptors (Lipinski definition) is 6. The second-order valence-electron chi connectivity index (χ2n) is 3.22. The van der Waals surface area contributed by atoms with Gasteiger partial charge in [-0.2, -0.15) is 4.98 Å². The fraction of sp³-hybridized carbons (Fsp3) is 0.500. The van der Waals surface area contributed by atoms with E-state index in [4.69, 9.17) is 5.73 Å². The summed E-state index contributed by atoms with van der Waals surface area (Å²) in [5.74, 6) is 0.375. The van der Waals surface area contributed by atoms with E-state index >= 15 is 0 Å². The van der Waals surface area contributed by atoms with Gasteiger partial charge in [-0.3, -0.25) is 0 Å². The summed E-state index contributed by atoms with van der Waals surface area (Å²) in [6.07, 6.45) is 1.25. The number of sulfone groups is 1. The van der Waals surface area contributed by atoms with E-state index in [1.807, 2.05) is 0 Å². The zero-order valence-electron chi connectivity index (χ0n) is 8.93. The van der Waals surface area contributed by atoms with Gasteiger partial charge in [0, 0.05) is 14.1 Å². The van der Waals surface area contributed by atoms with Crippen LogP contribution in [0.25, 0.3) is 0 Å². The molecule has 0 unspecified atom stereocenters. The fourth-order valence-electron chi connectivity index (χ4n) is 0.985. The van der Waals surface area contributed by atoms with Crippen LogP contribution in [-0.4, -0.2) is 38.2 Å². The van der Waals surface area contributed by atoms with Crippen LogP contribution >= 0.6 is 0 Å². The number of hydrogen-bond donors (Lipinski definition) is 1. The van der Waals surface area contributed by atoms with Crippen molar-refractivity contribution in [3.8, 4) is 0 Å². The van der Waals surface area contributed by atoms with E-state index in [0.29, 0.717) is 5.95 Å². The number of nitrogen functional groups attached to an aromatic ring is 1. The van der Waals surface area contributed by atoms with Crippen LogP contribution in [-0.2, 0) is 9.84 Å². The Hall–Kier alpha value is -1.37. The lowest BCUT2D eigenvalue weighted by atomic mass is 10.6. The predicted molar refractivity (Wildman–Crippen MR) is 58.5 cm³/mol. The van der Waals surface area contributed by atoms with Gasteiger partial charge >= 0.3 is 0 Å². The molecule has 1 heterocycles. The summed E-state index contributed by atoms with van der Waals surface area (Å²) >= 11 is 0. The Morgan fingerprint density at radius 3 is 2.47 bits per heavy atom. The Morgan fingerprint density at radius 1 is 1.47 bits per heavy atom. The minimum Gasteiger partial charge on any atom is -0.382 e. The number of aromatic nitrogens is 2. The maximum absolute atomic E-state index is 11.5. The van der Waals surface area contributed by atoms with E-state index in [-0.39, 0.29) is 16.5 Å². The van der Waals surface area contributed by atoms with E-state index in [1.165, 1.54) is 6.20 Å². The van der Waals surface area contributed by atoms with Crippen molar-refractivity contribution < 1.29 is 8.42 Å². The molecule has 15 heavy (non-hydrogen) atoms. The van der Waals surface area contributed by atoms with Gasteiger partial charge in [-0.1, -0.05) is 6.92 Å². The van der Waals surface area contributed by atoms with Gasteiger partial charge < -0.3 is 10.6 Å². The van der Waals surface area contributed by atoms with Crippen LogP contribution in [0.3, 0.4) is 0 Å². The second kappa shape index (κ2) is 4.01. The van der Waals surface area contributed by atoms with E-state index < -0.39 is 9.84 Å². The van der Waals surface area contributed by atoms with Gasteiger partial charge in [0.15, 0.2) is 9.84 Å². The molecule has 84 valence electrons. The highest BCUT2D eigenvalue weighted by Crippen LogP contribution is 2.18. The van der Waals surface area contributed by atoms with Gasteiger partial charge in [0.05, 0.1) is 11.9 Å². The molecule has 0 amide bonds. The van der Waals surface area contributed by atoms with Crippen molar-refractivity contribution in [1.82, 2.24) is 9.97 Å². The molecule has 0 bridgehead atoms. The highest BCUT2D eigenvalue weighted by molar-refractivity contribution is 7.91. The summed E-state index contributed by atoms with van der Waals surface area (Å²) < 4.78 is 23.1. The second-order valence-corrected chi connectivity index (χ2v) is 5.46. The number of anilines is 2. The molecule has 0 aliphatic heterocycles. The molecule has 0 aliphatic carbocycles. The third-order valence-corrected chi connectivity index (χ3v) is 3.63. The average Bonchev–Trinajstić information content (AvgIpc) is 2.17. The number of nitrogens with zero attached hydrogens (tertiary/aromatic N) is 3. The van der Waals surface area contributed by atoms with Crippen LogP contribution in [0.2, 0.25) is 0 Å². The van der Waals surface area contributed by atoms with Crippen LogP contribution in [0.15, 0.2) is 11.1 Å². The molecule has 0 spiro atoms. The molecule has 1 aromatic heterocycles. The van der Waals surface area contributed by atoms with Crippen molar-refractivity contribution in [2.75, 3.05) is 30.5 Å². The molecule has 0 radical (unpaired) electrons. The Kier molecular flexibility index (Phi) is 3.13. The molecular weight excluding hydrogens is 216 g/mol.